The van der Waals surface area contributed by atoms with Crippen LogP contribution in [0.1, 0.15) is 32.3 Å². The first-order chi connectivity index (χ1) is 11.1. The van der Waals surface area contributed by atoms with Crippen molar-refractivity contribution in [2.75, 3.05) is 27.4 Å². The van der Waals surface area contributed by atoms with E-state index in [4.69, 9.17) is 14.2 Å². The lowest BCUT2D eigenvalue weighted by atomic mass is 9.93. The Labute approximate surface area is 138 Å². The third-order valence-electron chi connectivity index (χ3n) is 4.47. The van der Waals surface area contributed by atoms with Crippen molar-refractivity contribution >= 4 is 5.91 Å². The number of benzene rings is 1. The summed E-state index contributed by atoms with van der Waals surface area (Å²) in [5, 5.41) is 0. The van der Waals surface area contributed by atoms with Gasteiger partial charge in [0.1, 0.15) is 11.5 Å². The second kappa shape index (κ2) is 8.20. The largest absolute Gasteiger partial charge is 0.497 e. The molecule has 0 unspecified atom stereocenters. The molecule has 1 aromatic rings. The minimum atomic E-state index is -0.0482. The number of amides is 1. The minimum absolute atomic E-state index is 0.0111. The van der Waals surface area contributed by atoms with Crippen molar-refractivity contribution in [3.63, 3.8) is 0 Å². The van der Waals surface area contributed by atoms with E-state index in [0.717, 1.165) is 36.5 Å². The number of methoxy groups -OCH3 is 2. The second-order valence-electron chi connectivity index (χ2n) is 5.85. The van der Waals surface area contributed by atoms with Gasteiger partial charge in [0.05, 0.1) is 26.2 Å². The molecule has 23 heavy (non-hydrogen) atoms. The van der Waals surface area contributed by atoms with Crippen LogP contribution in [0.2, 0.25) is 0 Å². The summed E-state index contributed by atoms with van der Waals surface area (Å²) >= 11 is 0. The molecule has 0 aromatic heterocycles. The van der Waals surface area contributed by atoms with E-state index in [1.165, 1.54) is 0 Å². The SMILES string of the molecule is CCN(Cc1ccc(OC)cc1OC)C(=O)[C@H]1CCCO[C@@H]1C. The van der Waals surface area contributed by atoms with E-state index >= 15 is 0 Å². The van der Waals surface area contributed by atoms with Crippen LogP contribution in [0.5, 0.6) is 11.5 Å². The normalized spacial score (nSPS) is 20.9. The summed E-state index contributed by atoms with van der Waals surface area (Å²) in [5.41, 5.74) is 0.980. The van der Waals surface area contributed by atoms with Gasteiger partial charge in [0.2, 0.25) is 5.91 Å². The number of carbonyl (C=O) groups is 1. The summed E-state index contributed by atoms with van der Waals surface area (Å²) < 4.78 is 16.3. The maximum absolute atomic E-state index is 12.8. The van der Waals surface area contributed by atoms with Crippen LogP contribution in [0.15, 0.2) is 18.2 Å². The van der Waals surface area contributed by atoms with Crippen molar-refractivity contribution in [1.29, 1.82) is 0 Å². The third-order valence-corrected chi connectivity index (χ3v) is 4.47. The lowest BCUT2D eigenvalue weighted by molar-refractivity contribution is -0.144. The Balaban J connectivity index is 2.14. The van der Waals surface area contributed by atoms with Gasteiger partial charge in [0, 0.05) is 31.3 Å². The summed E-state index contributed by atoms with van der Waals surface area (Å²) in [6, 6.07) is 5.69. The first kappa shape index (κ1) is 17.6. The standard InChI is InChI=1S/C18H27NO4/c1-5-19(18(20)16-7-6-10-23-13(16)2)12-14-8-9-15(21-3)11-17(14)22-4/h8-9,11,13,16H,5-7,10,12H2,1-4H3/t13-,16+/m1/s1. The van der Waals surface area contributed by atoms with Crippen LogP contribution < -0.4 is 9.47 Å². The Kier molecular flexibility index (Phi) is 6.28. The zero-order valence-corrected chi connectivity index (χ0v) is 14.5. The van der Waals surface area contributed by atoms with Gasteiger partial charge in [0.15, 0.2) is 0 Å². The van der Waals surface area contributed by atoms with Gasteiger partial charge in [-0.1, -0.05) is 0 Å². The zero-order chi connectivity index (χ0) is 16.8. The fourth-order valence-electron chi connectivity index (χ4n) is 3.02. The Bertz CT molecular complexity index is 532. The first-order valence-electron chi connectivity index (χ1n) is 8.22. The highest BCUT2D eigenvalue weighted by Crippen LogP contribution is 2.28. The van der Waals surface area contributed by atoms with Gasteiger partial charge < -0.3 is 19.1 Å². The lowest BCUT2D eigenvalue weighted by Crippen LogP contribution is -2.42. The molecule has 0 aliphatic carbocycles. The Hall–Kier alpha value is -1.75. The van der Waals surface area contributed by atoms with Gasteiger partial charge >= 0.3 is 0 Å². The van der Waals surface area contributed by atoms with E-state index < -0.39 is 0 Å². The van der Waals surface area contributed by atoms with Gasteiger partial charge in [-0.2, -0.15) is 0 Å². The number of nitrogens with zero attached hydrogens (tertiary/aromatic N) is 1. The van der Waals surface area contributed by atoms with Crippen LogP contribution in [0, 0.1) is 5.92 Å². The molecule has 1 aromatic carbocycles. The van der Waals surface area contributed by atoms with Gasteiger partial charge in [-0.05, 0) is 38.8 Å². The molecule has 2 atom stereocenters. The molecule has 1 aliphatic heterocycles. The quantitative estimate of drug-likeness (QED) is 0.808. The number of hydrogen-bond acceptors (Lipinski definition) is 4. The highest BCUT2D eigenvalue weighted by atomic mass is 16.5. The molecule has 1 fully saturated rings. The average Bonchev–Trinajstić information content (AvgIpc) is 2.59. The minimum Gasteiger partial charge on any atom is -0.497 e. The molecule has 0 N–H and O–H groups in total. The molecule has 0 saturated carbocycles. The van der Waals surface area contributed by atoms with E-state index in [1.807, 2.05) is 36.9 Å². The van der Waals surface area contributed by atoms with Crippen LogP contribution in [0.25, 0.3) is 0 Å². The fourth-order valence-corrected chi connectivity index (χ4v) is 3.02. The van der Waals surface area contributed by atoms with Crippen LogP contribution in [0.4, 0.5) is 0 Å². The maximum atomic E-state index is 12.8. The van der Waals surface area contributed by atoms with Crippen LogP contribution in [-0.2, 0) is 16.1 Å². The topological polar surface area (TPSA) is 48.0 Å². The molecule has 2 rings (SSSR count). The fraction of sp³-hybridized carbons (Fsp3) is 0.611. The predicted octanol–water partition coefficient (Wildman–Crippen LogP) is 2.87. The van der Waals surface area contributed by atoms with E-state index in [0.29, 0.717) is 13.1 Å². The summed E-state index contributed by atoms with van der Waals surface area (Å²) in [7, 11) is 3.26. The summed E-state index contributed by atoms with van der Waals surface area (Å²) in [5.74, 6) is 1.60. The van der Waals surface area contributed by atoms with E-state index in [-0.39, 0.29) is 17.9 Å². The summed E-state index contributed by atoms with van der Waals surface area (Å²) in [6.07, 6.45) is 1.84. The Morgan fingerprint density at radius 1 is 1.35 bits per heavy atom. The molecule has 0 bridgehead atoms. The van der Waals surface area contributed by atoms with E-state index in [2.05, 4.69) is 0 Å². The highest BCUT2D eigenvalue weighted by Gasteiger charge is 2.31. The molecule has 0 spiro atoms. The first-order valence-corrected chi connectivity index (χ1v) is 8.22. The molecule has 1 saturated heterocycles. The summed E-state index contributed by atoms with van der Waals surface area (Å²) in [4.78, 5) is 14.7. The molecule has 1 heterocycles. The number of ether oxygens (including phenoxy) is 3. The van der Waals surface area contributed by atoms with E-state index in [1.54, 1.807) is 14.2 Å². The van der Waals surface area contributed by atoms with Gasteiger partial charge in [-0.3, -0.25) is 4.79 Å². The molecule has 128 valence electrons. The van der Waals surface area contributed by atoms with Crippen LogP contribution in [0.3, 0.4) is 0 Å². The predicted molar refractivity (Wildman–Crippen MR) is 88.8 cm³/mol. The second-order valence-corrected chi connectivity index (χ2v) is 5.85. The van der Waals surface area contributed by atoms with Crippen LogP contribution >= 0.6 is 0 Å². The van der Waals surface area contributed by atoms with Gasteiger partial charge in [-0.25, -0.2) is 0 Å². The van der Waals surface area contributed by atoms with Crippen LogP contribution in [-0.4, -0.2) is 44.3 Å². The lowest BCUT2D eigenvalue weighted by Gasteiger charge is -2.33. The van der Waals surface area contributed by atoms with Crippen molar-refractivity contribution in [2.45, 2.75) is 39.3 Å². The number of hydrogen-bond donors (Lipinski definition) is 0. The molecule has 1 aliphatic rings. The highest BCUT2D eigenvalue weighted by molar-refractivity contribution is 5.79. The van der Waals surface area contributed by atoms with Gasteiger partial charge in [-0.15, -0.1) is 0 Å². The Morgan fingerprint density at radius 2 is 2.13 bits per heavy atom. The average molecular weight is 321 g/mol. The zero-order valence-electron chi connectivity index (χ0n) is 14.5. The number of carbonyl (C=O) groups excluding carboxylic acids is 1. The molecule has 1 amide bonds. The molecule has 5 heteroatoms. The maximum Gasteiger partial charge on any atom is 0.228 e. The van der Waals surface area contributed by atoms with E-state index in [9.17, 15) is 4.79 Å². The Morgan fingerprint density at radius 3 is 2.74 bits per heavy atom. The summed E-state index contributed by atoms with van der Waals surface area (Å²) in [6.45, 7) is 5.94. The van der Waals surface area contributed by atoms with Crippen molar-refractivity contribution in [2.24, 2.45) is 5.92 Å². The third kappa shape index (κ3) is 4.16. The molecular formula is C18H27NO4. The van der Waals surface area contributed by atoms with Crippen molar-refractivity contribution in [3.8, 4) is 11.5 Å². The van der Waals surface area contributed by atoms with Crippen molar-refractivity contribution < 1.29 is 19.0 Å². The van der Waals surface area contributed by atoms with Gasteiger partial charge in [0.25, 0.3) is 0 Å². The molecule has 5 nitrogen and oxygen atoms in total. The molecular weight excluding hydrogens is 294 g/mol. The van der Waals surface area contributed by atoms with Crippen molar-refractivity contribution in [1.82, 2.24) is 4.90 Å². The molecule has 0 radical (unpaired) electrons. The monoisotopic (exact) mass is 321 g/mol. The smallest absolute Gasteiger partial charge is 0.228 e. The van der Waals surface area contributed by atoms with Crippen molar-refractivity contribution in [3.05, 3.63) is 23.8 Å². The number of rotatable bonds is 6.